The van der Waals surface area contributed by atoms with Gasteiger partial charge in [0, 0.05) is 0 Å². The fourth-order valence-corrected chi connectivity index (χ4v) is 9.82. The summed E-state index contributed by atoms with van der Waals surface area (Å²) in [5.74, 6) is 0. The van der Waals surface area contributed by atoms with Crippen molar-refractivity contribution in [2.75, 3.05) is 0 Å². The van der Waals surface area contributed by atoms with E-state index in [1.807, 2.05) is 0 Å². The molecular weight excluding hydrogens is 460 g/mol. The normalized spacial score (nSPS) is 15.0. The van der Waals surface area contributed by atoms with E-state index in [4.69, 9.17) is 0 Å². The molecule has 0 radical (unpaired) electrons. The molecule has 0 atom stereocenters. The highest BCUT2D eigenvalue weighted by atomic mass is 28.3. The molecule has 1 heterocycles. The second-order valence-corrected chi connectivity index (χ2v) is 15.2. The molecule has 1 heteroatoms. The number of aryl methyl sites for hydroxylation is 4. The Hall–Kier alpha value is -3.42. The van der Waals surface area contributed by atoms with E-state index in [2.05, 4.69) is 138 Å². The summed E-state index contributed by atoms with van der Waals surface area (Å²) < 4.78 is 0. The summed E-state index contributed by atoms with van der Waals surface area (Å²) in [6, 6.07) is 37.0. The topological polar surface area (TPSA) is 0 Å². The minimum absolute atomic E-state index is 1.06. The van der Waals surface area contributed by atoms with E-state index >= 15 is 0 Å². The fourth-order valence-electron chi connectivity index (χ4n) is 6.00. The van der Waals surface area contributed by atoms with Gasteiger partial charge in [0.05, 0.1) is 0 Å². The van der Waals surface area contributed by atoms with Crippen molar-refractivity contribution in [2.24, 2.45) is 0 Å². The standard InChI is InChI=1S/C36H38Si/c1-7-27-15-19-29(20-16-27)35-33(31-13-9-11-25(3)23-31)34(32-14-10-12-26(4)24-32)36(37(35,5)6)30-21-17-28(8-2)18-22-30/h9-24H,7-8H2,1-6H3. The van der Waals surface area contributed by atoms with Crippen molar-refractivity contribution < 1.29 is 0 Å². The van der Waals surface area contributed by atoms with Crippen molar-refractivity contribution in [2.45, 2.75) is 53.6 Å². The average molecular weight is 499 g/mol. The molecule has 1 aliphatic rings. The van der Waals surface area contributed by atoms with Crippen molar-refractivity contribution in [1.29, 1.82) is 0 Å². The fraction of sp³-hybridized carbons (Fsp3) is 0.222. The Morgan fingerprint density at radius 3 is 1.19 bits per heavy atom. The van der Waals surface area contributed by atoms with Crippen LogP contribution < -0.4 is 0 Å². The van der Waals surface area contributed by atoms with Crippen LogP contribution in [0.5, 0.6) is 0 Å². The molecule has 1 aliphatic heterocycles. The summed E-state index contributed by atoms with van der Waals surface area (Å²) >= 11 is 0. The van der Waals surface area contributed by atoms with Crippen molar-refractivity contribution in [3.05, 3.63) is 142 Å². The quantitative estimate of drug-likeness (QED) is 0.232. The molecule has 0 spiro atoms. The molecule has 5 rings (SSSR count). The molecule has 0 N–H and O–H groups in total. The second-order valence-electron chi connectivity index (χ2n) is 11.0. The molecule has 4 aromatic rings. The van der Waals surface area contributed by atoms with Crippen LogP contribution in [-0.2, 0) is 12.8 Å². The van der Waals surface area contributed by atoms with Crippen molar-refractivity contribution in [1.82, 2.24) is 0 Å². The third kappa shape index (κ3) is 4.69. The van der Waals surface area contributed by atoms with Crippen molar-refractivity contribution >= 4 is 29.6 Å². The van der Waals surface area contributed by atoms with Crippen LogP contribution in [0.1, 0.15) is 58.4 Å². The van der Waals surface area contributed by atoms with Gasteiger partial charge in [-0.05, 0) is 81.6 Å². The van der Waals surface area contributed by atoms with Gasteiger partial charge in [0.1, 0.15) is 8.07 Å². The third-order valence-corrected chi connectivity index (χ3v) is 11.5. The lowest BCUT2D eigenvalue weighted by Crippen LogP contribution is -2.28. The van der Waals surface area contributed by atoms with Crippen LogP contribution in [0.15, 0.2) is 97.1 Å². The number of rotatable bonds is 6. The van der Waals surface area contributed by atoms with Crippen molar-refractivity contribution in [3.63, 3.8) is 0 Å². The number of hydrogen-bond donors (Lipinski definition) is 0. The number of allylic oxidation sites excluding steroid dienone is 2. The Kier molecular flexibility index (Phi) is 6.92. The van der Waals surface area contributed by atoms with Gasteiger partial charge in [0.2, 0.25) is 0 Å². The predicted octanol–water partition coefficient (Wildman–Crippen LogP) is 9.75. The van der Waals surface area contributed by atoms with Crippen LogP contribution in [0.4, 0.5) is 0 Å². The zero-order valence-electron chi connectivity index (χ0n) is 23.2. The first-order valence-electron chi connectivity index (χ1n) is 13.7. The van der Waals surface area contributed by atoms with Crippen LogP contribution in [0.2, 0.25) is 13.1 Å². The zero-order valence-corrected chi connectivity index (χ0v) is 24.2. The first kappa shape index (κ1) is 25.2. The smallest absolute Gasteiger partial charge is 0.0615 e. The molecule has 0 bridgehead atoms. The van der Waals surface area contributed by atoms with Crippen LogP contribution in [0.25, 0.3) is 21.5 Å². The SMILES string of the molecule is CCc1ccc(C2=C(c3cccc(C)c3)C(c3cccc(C)c3)=C(c3ccc(CC)cc3)[Si]2(C)C)cc1. The minimum atomic E-state index is -2.10. The first-order valence-corrected chi connectivity index (χ1v) is 16.7. The third-order valence-electron chi connectivity index (χ3n) is 7.92. The van der Waals surface area contributed by atoms with Gasteiger partial charge >= 0.3 is 0 Å². The van der Waals surface area contributed by atoms with E-state index in [1.54, 1.807) is 10.4 Å². The summed E-state index contributed by atoms with van der Waals surface area (Å²) in [5.41, 5.74) is 13.6. The maximum Gasteiger partial charge on any atom is 0.115 e. The molecule has 0 fully saturated rings. The van der Waals surface area contributed by atoms with Crippen LogP contribution in [0, 0.1) is 13.8 Å². The van der Waals surface area contributed by atoms with Gasteiger partial charge in [0.15, 0.2) is 0 Å². The maximum absolute atomic E-state index is 2.55. The molecule has 186 valence electrons. The molecule has 0 saturated heterocycles. The Morgan fingerprint density at radius 2 is 0.865 bits per heavy atom. The molecule has 0 saturated carbocycles. The summed E-state index contributed by atoms with van der Waals surface area (Å²) in [6.45, 7) is 14.0. The molecule has 0 amide bonds. The van der Waals surface area contributed by atoms with Crippen molar-refractivity contribution in [3.8, 4) is 0 Å². The lowest BCUT2D eigenvalue weighted by molar-refractivity contribution is 1.14. The molecule has 0 aromatic heterocycles. The van der Waals surface area contributed by atoms with Gasteiger partial charge in [-0.1, -0.05) is 135 Å². The summed E-state index contributed by atoms with van der Waals surface area (Å²) in [6.07, 6.45) is 2.12. The maximum atomic E-state index is 2.55. The van der Waals surface area contributed by atoms with Gasteiger partial charge < -0.3 is 0 Å². The summed E-state index contributed by atoms with van der Waals surface area (Å²) in [7, 11) is -2.10. The molecule has 0 aliphatic carbocycles. The largest absolute Gasteiger partial charge is 0.115 e. The van der Waals surface area contributed by atoms with E-state index in [9.17, 15) is 0 Å². The van der Waals surface area contributed by atoms with E-state index in [0.29, 0.717) is 0 Å². The number of benzene rings is 4. The van der Waals surface area contributed by atoms with Gasteiger partial charge in [0.25, 0.3) is 0 Å². The summed E-state index contributed by atoms with van der Waals surface area (Å²) in [5, 5.41) is 3.10. The molecule has 0 nitrogen and oxygen atoms in total. The Morgan fingerprint density at radius 1 is 0.486 bits per heavy atom. The van der Waals surface area contributed by atoms with Crippen LogP contribution in [-0.4, -0.2) is 8.07 Å². The first-order chi connectivity index (χ1) is 17.8. The van der Waals surface area contributed by atoms with Gasteiger partial charge in [-0.15, -0.1) is 0 Å². The van der Waals surface area contributed by atoms with Crippen LogP contribution >= 0.6 is 0 Å². The van der Waals surface area contributed by atoms with Gasteiger partial charge in [-0.2, -0.15) is 0 Å². The summed E-state index contributed by atoms with van der Waals surface area (Å²) in [4.78, 5) is 0. The van der Waals surface area contributed by atoms with Gasteiger partial charge in [-0.25, -0.2) is 0 Å². The zero-order chi connectivity index (χ0) is 26.2. The lowest BCUT2D eigenvalue weighted by atomic mass is 9.88. The molecule has 0 unspecified atom stereocenters. The predicted molar refractivity (Wildman–Crippen MR) is 165 cm³/mol. The van der Waals surface area contributed by atoms with Gasteiger partial charge in [-0.3, -0.25) is 0 Å². The monoisotopic (exact) mass is 498 g/mol. The van der Waals surface area contributed by atoms with E-state index in [0.717, 1.165) is 12.8 Å². The van der Waals surface area contributed by atoms with E-state index < -0.39 is 8.07 Å². The molecular formula is C36H38Si. The Bertz CT molecular complexity index is 1380. The highest BCUT2D eigenvalue weighted by Crippen LogP contribution is 2.55. The van der Waals surface area contributed by atoms with Crippen LogP contribution in [0.3, 0.4) is 0 Å². The van der Waals surface area contributed by atoms with E-state index in [-0.39, 0.29) is 0 Å². The molecule has 4 aromatic carbocycles. The Labute approximate surface area is 224 Å². The Balaban J connectivity index is 1.89. The second kappa shape index (κ2) is 10.1. The lowest BCUT2D eigenvalue weighted by Gasteiger charge is -2.27. The number of hydrogen-bond acceptors (Lipinski definition) is 0. The van der Waals surface area contributed by atoms with E-state index in [1.165, 1.54) is 55.7 Å². The molecule has 37 heavy (non-hydrogen) atoms. The highest BCUT2D eigenvalue weighted by Gasteiger charge is 2.43. The minimum Gasteiger partial charge on any atom is -0.0615 e. The highest BCUT2D eigenvalue weighted by molar-refractivity contribution is 7.13. The average Bonchev–Trinajstić information content (AvgIpc) is 3.16.